The van der Waals surface area contributed by atoms with Crippen molar-refractivity contribution in [3.63, 3.8) is 0 Å². The lowest BCUT2D eigenvalue weighted by Gasteiger charge is -2.30. The van der Waals surface area contributed by atoms with Gasteiger partial charge in [-0.25, -0.2) is 0 Å². The van der Waals surface area contributed by atoms with Crippen molar-refractivity contribution in [1.82, 2.24) is 19.6 Å². The Morgan fingerprint density at radius 3 is 3.00 bits per heavy atom. The molecule has 0 bridgehead atoms. The molecule has 2 aliphatic rings. The van der Waals surface area contributed by atoms with E-state index in [1.165, 1.54) is 0 Å². The molecule has 0 unspecified atom stereocenters. The highest BCUT2D eigenvalue weighted by molar-refractivity contribution is 5.92. The van der Waals surface area contributed by atoms with Gasteiger partial charge in [0.25, 0.3) is 5.91 Å². The minimum atomic E-state index is -0.0226. The van der Waals surface area contributed by atoms with Crippen LogP contribution < -0.4 is 0 Å². The molecule has 25 heavy (non-hydrogen) atoms. The number of hydrogen-bond donors (Lipinski definition) is 0. The monoisotopic (exact) mass is 350 g/mol. The third kappa shape index (κ3) is 4.40. The highest BCUT2D eigenvalue weighted by Crippen LogP contribution is 2.18. The number of amides is 1. The molecule has 0 aromatic carbocycles. The smallest absolute Gasteiger partial charge is 0.274 e. The Morgan fingerprint density at radius 2 is 2.32 bits per heavy atom. The topological polar surface area (TPSA) is 59.8 Å². The molecule has 3 rings (SSSR count). The van der Waals surface area contributed by atoms with Crippen LogP contribution in [0.3, 0.4) is 0 Å². The van der Waals surface area contributed by atoms with Crippen LogP contribution in [0.25, 0.3) is 0 Å². The molecular formula is C18H30N4O3. The SMILES string of the molecule is COCCN(C[C@@H]1CCCO1)C(=O)c1cc2n(n1)CCN(C(C)C)C2. The van der Waals surface area contributed by atoms with Crippen LogP contribution in [0.1, 0.15) is 42.9 Å². The number of aromatic nitrogens is 2. The third-order valence-electron chi connectivity index (χ3n) is 5.08. The quantitative estimate of drug-likeness (QED) is 0.743. The van der Waals surface area contributed by atoms with Crippen molar-refractivity contribution in [2.45, 2.75) is 51.9 Å². The van der Waals surface area contributed by atoms with Gasteiger partial charge in [-0.15, -0.1) is 0 Å². The third-order valence-corrected chi connectivity index (χ3v) is 5.08. The van der Waals surface area contributed by atoms with Gasteiger partial charge in [-0.3, -0.25) is 14.4 Å². The number of ether oxygens (including phenoxy) is 2. The van der Waals surface area contributed by atoms with Crippen molar-refractivity contribution in [2.24, 2.45) is 0 Å². The number of nitrogens with zero attached hydrogens (tertiary/aromatic N) is 4. The minimum absolute atomic E-state index is 0.0226. The second kappa shape index (κ2) is 8.29. The van der Waals surface area contributed by atoms with Crippen molar-refractivity contribution in [1.29, 1.82) is 0 Å². The summed E-state index contributed by atoms with van der Waals surface area (Å²) in [5, 5.41) is 4.57. The maximum Gasteiger partial charge on any atom is 0.274 e. The molecule has 140 valence electrons. The molecule has 2 aliphatic heterocycles. The molecule has 7 heteroatoms. The highest BCUT2D eigenvalue weighted by atomic mass is 16.5. The number of methoxy groups -OCH3 is 1. The lowest BCUT2D eigenvalue weighted by Crippen LogP contribution is -2.39. The summed E-state index contributed by atoms with van der Waals surface area (Å²) in [6, 6.07) is 2.45. The van der Waals surface area contributed by atoms with E-state index in [1.807, 2.05) is 15.6 Å². The first-order chi connectivity index (χ1) is 12.1. The predicted octanol–water partition coefficient (Wildman–Crippen LogP) is 1.37. The number of hydrogen-bond acceptors (Lipinski definition) is 5. The first kappa shape index (κ1) is 18.4. The summed E-state index contributed by atoms with van der Waals surface area (Å²) < 4.78 is 12.9. The molecule has 0 saturated carbocycles. The predicted molar refractivity (Wildman–Crippen MR) is 94.5 cm³/mol. The summed E-state index contributed by atoms with van der Waals surface area (Å²) in [7, 11) is 1.66. The van der Waals surface area contributed by atoms with Gasteiger partial charge in [-0.1, -0.05) is 0 Å². The standard InChI is InChI=1S/C18H30N4O3/c1-14(2)20-6-7-22-15(12-20)11-17(19-22)18(23)21(8-10-24-3)13-16-5-4-9-25-16/h11,14,16H,4-10,12-13H2,1-3H3/t16-/m0/s1. The van der Waals surface area contributed by atoms with E-state index in [-0.39, 0.29) is 12.0 Å². The van der Waals surface area contributed by atoms with Gasteiger partial charge >= 0.3 is 0 Å². The molecule has 1 aromatic heterocycles. The maximum atomic E-state index is 13.0. The Morgan fingerprint density at radius 1 is 1.48 bits per heavy atom. The number of rotatable bonds is 7. The summed E-state index contributed by atoms with van der Waals surface area (Å²) in [4.78, 5) is 17.2. The summed E-state index contributed by atoms with van der Waals surface area (Å²) >= 11 is 0. The Labute approximate surface area is 149 Å². The first-order valence-corrected chi connectivity index (χ1v) is 9.29. The van der Waals surface area contributed by atoms with Crippen LogP contribution >= 0.6 is 0 Å². The van der Waals surface area contributed by atoms with Gasteiger partial charge in [0.1, 0.15) is 0 Å². The van der Waals surface area contributed by atoms with Crippen molar-refractivity contribution in [2.75, 3.05) is 40.0 Å². The van der Waals surface area contributed by atoms with Gasteiger partial charge in [-0.2, -0.15) is 5.10 Å². The molecule has 1 atom stereocenters. The van der Waals surface area contributed by atoms with E-state index in [9.17, 15) is 4.79 Å². The van der Waals surface area contributed by atoms with E-state index in [0.717, 1.165) is 44.8 Å². The molecule has 1 amide bonds. The molecule has 3 heterocycles. The Balaban J connectivity index is 1.70. The molecule has 0 aliphatic carbocycles. The number of carbonyl (C=O) groups is 1. The molecule has 1 fully saturated rings. The van der Waals surface area contributed by atoms with E-state index >= 15 is 0 Å². The van der Waals surface area contributed by atoms with Crippen LogP contribution in [0, 0.1) is 0 Å². The van der Waals surface area contributed by atoms with Gasteiger partial charge in [0.2, 0.25) is 0 Å². The second-order valence-electron chi connectivity index (χ2n) is 7.19. The maximum absolute atomic E-state index is 13.0. The molecule has 7 nitrogen and oxygen atoms in total. The fourth-order valence-corrected chi connectivity index (χ4v) is 3.51. The van der Waals surface area contributed by atoms with Crippen LogP contribution in [0.2, 0.25) is 0 Å². The zero-order chi connectivity index (χ0) is 17.8. The summed E-state index contributed by atoms with van der Waals surface area (Å²) in [6.07, 6.45) is 2.22. The average Bonchev–Trinajstić information content (AvgIpc) is 3.26. The lowest BCUT2D eigenvalue weighted by molar-refractivity contribution is 0.0451. The fourth-order valence-electron chi connectivity index (χ4n) is 3.51. The first-order valence-electron chi connectivity index (χ1n) is 9.29. The molecule has 0 radical (unpaired) electrons. The zero-order valence-corrected chi connectivity index (χ0v) is 15.6. The molecular weight excluding hydrogens is 320 g/mol. The van der Waals surface area contributed by atoms with E-state index < -0.39 is 0 Å². The second-order valence-corrected chi connectivity index (χ2v) is 7.19. The highest BCUT2D eigenvalue weighted by Gasteiger charge is 2.27. The number of carbonyl (C=O) groups excluding carboxylic acids is 1. The van der Waals surface area contributed by atoms with Gasteiger partial charge in [0.05, 0.1) is 24.9 Å². The summed E-state index contributed by atoms with van der Waals surface area (Å²) in [6.45, 7) is 9.56. The van der Waals surface area contributed by atoms with Gasteiger partial charge < -0.3 is 14.4 Å². The van der Waals surface area contributed by atoms with Crippen molar-refractivity contribution in [3.05, 3.63) is 17.5 Å². The summed E-state index contributed by atoms with van der Waals surface area (Å²) in [5.74, 6) is -0.0226. The van der Waals surface area contributed by atoms with Crippen molar-refractivity contribution in [3.8, 4) is 0 Å². The van der Waals surface area contributed by atoms with Crippen LogP contribution in [0.15, 0.2) is 6.07 Å². The average molecular weight is 350 g/mol. The molecule has 1 saturated heterocycles. The van der Waals surface area contributed by atoms with E-state index in [0.29, 0.717) is 31.4 Å². The fraction of sp³-hybridized carbons (Fsp3) is 0.778. The Hall–Kier alpha value is -1.44. The van der Waals surface area contributed by atoms with Crippen LogP contribution in [-0.4, -0.2) is 77.6 Å². The number of fused-ring (bicyclic) bond motifs is 1. The van der Waals surface area contributed by atoms with Gasteiger partial charge in [-0.05, 0) is 32.8 Å². The lowest BCUT2D eigenvalue weighted by atomic mass is 10.2. The van der Waals surface area contributed by atoms with Crippen LogP contribution in [-0.2, 0) is 22.6 Å². The van der Waals surface area contributed by atoms with Crippen LogP contribution in [0.4, 0.5) is 0 Å². The molecule has 0 N–H and O–H groups in total. The van der Waals surface area contributed by atoms with E-state index in [1.54, 1.807) is 7.11 Å². The zero-order valence-electron chi connectivity index (χ0n) is 15.6. The van der Waals surface area contributed by atoms with Crippen LogP contribution in [0.5, 0.6) is 0 Å². The van der Waals surface area contributed by atoms with Crippen molar-refractivity contribution < 1.29 is 14.3 Å². The van der Waals surface area contributed by atoms with Gasteiger partial charge in [0.15, 0.2) is 5.69 Å². The Kier molecular flexibility index (Phi) is 6.09. The minimum Gasteiger partial charge on any atom is -0.383 e. The normalized spacial score (nSPS) is 20.9. The van der Waals surface area contributed by atoms with E-state index in [4.69, 9.17) is 9.47 Å². The Bertz CT molecular complexity index is 581. The van der Waals surface area contributed by atoms with Gasteiger partial charge in [0, 0.05) is 45.9 Å². The molecule has 0 spiro atoms. The van der Waals surface area contributed by atoms with E-state index in [2.05, 4.69) is 23.8 Å². The van der Waals surface area contributed by atoms with Crippen molar-refractivity contribution >= 4 is 5.91 Å². The summed E-state index contributed by atoms with van der Waals surface area (Å²) in [5.41, 5.74) is 1.65. The molecule has 1 aromatic rings. The largest absolute Gasteiger partial charge is 0.383 e.